The first-order valence-corrected chi connectivity index (χ1v) is 1.69. The highest BCUT2D eigenvalue weighted by Crippen LogP contribution is 1.66. The van der Waals surface area contributed by atoms with Crippen molar-refractivity contribution in [3.8, 4) is 0 Å². The fraction of sp³-hybridized carbons (Fsp3) is 0.750. The molecular formula is C4H11NO2. The van der Waals surface area contributed by atoms with Crippen LogP contribution in [-0.2, 0) is 4.74 Å². The van der Waals surface area contributed by atoms with Crippen molar-refractivity contribution in [2.24, 2.45) is 5.73 Å². The maximum absolute atomic E-state index is 9.60. The van der Waals surface area contributed by atoms with E-state index < -0.39 is 6.09 Å². The summed E-state index contributed by atoms with van der Waals surface area (Å²) < 4.78 is 4.18. The Kier molecular flexibility index (Phi) is 7.19. The number of hydrogen-bond acceptors (Lipinski definition) is 2. The van der Waals surface area contributed by atoms with E-state index in [0.29, 0.717) is 6.61 Å². The van der Waals surface area contributed by atoms with E-state index in [1.165, 1.54) is 0 Å². The van der Waals surface area contributed by atoms with E-state index in [4.69, 9.17) is 0 Å². The molecule has 3 heteroatoms. The normalized spacial score (nSPS) is 6.43. The van der Waals surface area contributed by atoms with Gasteiger partial charge < -0.3 is 10.5 Å². The van der Waals surface area contributed by atoms with Crippen LogP contribution in [0.3, 0.4) is 0 Å². The first-order chi connectivity index (χ1) is 2.77. The number of hydrogen-bond donors (Lipinski definition) is 1. The van der Waals surface area contributed by atoms with Crippen LogP contribution in [0.2, 0.25) is 0 Å². The van der Waals surface area contributed by atoms with Crippen LogP contribution in [-0.4, -0.2) is 12.7 Å². The minimum absolute atomic E-state index is 0. The van der Waals surface area contributed by atoms with Crippen LogP contribution in [0.4, 0.5) is 4.79 Å². The van der Waals surface area contributed by atoms with Crippen molar-refractivity contribution in [3.63, 3.8) is 0 Å². The van der Waals surface area contributed by atoms with Crippen molar-refractivity contribution in [3.05, 3.63) is 0 Å². The summed E-state index contributed by atoms with van der Waals surface area (Å²) in [4.78, 5) is 9.60. The zero-order chi connectivity index (χ0) is 4.99. The Bertz CT molecular complexity index is 53.7. The van der Waals surface area contributed by atoms with E-state index in [9.17, 15) is 4.79 Å². The van der Waals surface area contributed by atoms with Gasteiger partial charge in [0.1, 0.15) is 0 Å². The lowest BCUT2D eigenvalue weighted by Gasteiger charge is -1.89. The summed E-state index contributed by atoms with van der Waals surface area (Å²) in [6, 6.07) is 0. The first kappa shape index (κ1) is 9.55. The summed E-state index contributed by atoms with van der Waals surface area (Å²) in [6.45, 7) is 2.06. The SMILES string of the molecule is C.CCOC(N)=O. The van der Waals surface area contributed by atoms with Crippen molar-refractivity contribution in [2.45, 2.75) is 14.4 Å². The molecular weight excluding hydrogens is 94.0 g/mol. The van der Waals surface area contributed by atoms with Gasteiger partial charge in [0.25, 0.3) is 0 Å². The molecule has 0 aromatic carbocycles. The third-order valence-corrected chi connectivity index (χ3v) is 0.287. The lowest BCUT2D eigenvalue weighted by atomic mass is 10.9. The maximum Gasteiger partial charge on any atom is 0.404 e. The highest BCUT2D eigenvalue weighted by molar-refractivity contribution is 5.64. The third-order valence-electron chi connectivity index (χ3n) is 0.287. The van der Waals surface area contributed by atoms with Gasteiger partial charge in [-0.25, -0.2) is 4.79 Å². The quantitative estimate of drug-likeness (QED) is 0.534. The average molecular weight is 105 g/mol. The Hall–Kier alpha value is -0.730. The average Bonchev–Trinajstić information content (AvgIpc) is 1.35. The minimum Gasteiger partial charge on any atom is -0.450 e. The molecule has 0 aromatic heterocycles. The van der Waals surface area contributed by atoms with Crippen LogP contribution < -0.4 is 5.73 Å². The van der Waals surface area contributed by atoms with Gasteiger partial charge in [-0.15, -0.1) is 0 Å². The lowest BCUT2D eigenvalue weighted by molar-refractivity contribution is 0.163. The second-order valence-corrected chi connectivity index (χ2v) is 0.752. The Morgan fingerprint density at radius 3 is 2.29 bits per heavy atom. The number of ether oxygens (including phenoxy) is 1. The summed E-state index contributed by atoms with van der Waals surface area (Å²) in [6.07, 6.45) is -0.711. The molecule has 0 aromatic rings. The van der Waals surface area contributed by atoms with Gasteiger partial charge in [0.15, 0.2) is 0 Å². The van der Waals surface area contributed by atoms with Crippen molar-refractivity contribution in [1.82, 2.24) is 0 Å². The highest BCUT2D eigenvalue weighted by atomic mass is 16.5. The van der Waals surface area contributed by atoms with Gasteiger partial charge in [0.05, 0.1) is 6.61 Å². The van der Waals surface area contributed by atoms with Gasteiger partial charge in [-0.2, -0.15) is 0 Å². The zero-order valence-electron chi connectivity index (χ0n) is 3.60. The highest BCUT2D eigenvalue weighted by Gasteiger charge is 1.82. The molecule has 1 amide bonds. The van der Waals surface area contributed by atoms with Crippen LogP contribution in [0.5, 0.6) is 0 Å². The van der Waals surface area contributed by atoms with E-state index in [0.717, 1.165) is 0 Å². The van der Waals surface area contributed by atoms with Crippen molar-refractivity contribution in [2.75, 3.05) is 6.61 Å². The van der Waals surface area contributed by atoms with Gasteiger partial charge in [-0.3, -0.25) is 0 Å². The molecule has 0 bridgehead atoms. The lowest BCUT2D eigenvalue weighted by Crippen LogP contribution is -2.11. The second kappa shape index (κ2) is 5.27. The molecule has 0 rings (SSSR count). The van der Waals surface area contributed by atoms with E-state index in [1.807, 2.05) is 0 Å². The molecule has 0 saturated heterocycles. The van der Waals surface area contributed by atoms with Crippen LogP contribution in [0, 0.1) is 0 Å². The summed E-state index contributed by atoms with van der Waals surface area (Å²) >= 11 is 0. The molecule has 0 radical (unpaired) electrons. The van der Waals surface area contributed by atoms with E-state index in [-0.39, 0.29) is 7.43 Å². The first-order valence-electron chi connectivity index (χ1n) is 1.69. The summed E-state index contributed by atoms with van der Waals surface area (Å²) in [5.41, 5.74) is 4.54. The molecule has 0 fully saturated rings. The molecule has 0 atom stereocenters. The number of rotatable bonds is 1. The molecule has 0 unspecified atom stereocenters. The predicted octanol–water partition coefficient (Wildman–Crippen LogP) is 0.738. The van der Waals surface area contributed by atoms with Crippen LogP contribution >= 0.6 is 0 Å². The van der Waals surface area contributed by atoms with Crippen LogP contribution in [0.15, 0.2) is 0 Å². The zero-order valence-corrected chi connectivity index (χ0v) is 3.60. The number of primary amides is 1. The molecule has 44 valence electrons. The van der Waals surface area contributed by atoms with Gasteiger partial charge in [-0.1, -0.05) is 7.43 Å². The molecule has 0 spiro atoms. The number of carbonyl (C=O) groups excluding carboxylic acids is 1. The number of nitrogens with two attached hydrogens (primary N) is 1. The van der Waals surface area contributed by atoms with E-state index >= 15 is 0 Å². The van der Waals surface area contributed by atoms with Crippen LogP contribution in [0.1, 0.15) is 14.4 Å². The molecule has 3 nitrogen and oxygen atoms in total. The Morgan fingerprint density at radius 1 is 1.86 bits per heavy atom. The second-order valence-electron chi connectivity index (χ2n) is 0.752. The predicted molar refractivity (Wildman–Crippen MR) is 27.9 cm³/mol. The van der Waals surface area contributed by atoms with Gasteiger partial charge >= 0.3 is 6.09 Å². The van der Waals surface area contributed by atoms with Gasteiger partial charge in [0.2, 0.25) is 0 Å². The number of carbonyl (C=O) groups is 1. The topological polar surface area (TPSA) is 52.3 Å². The third kappa shape index (κ3) is 10.9. The minimum atomic E-state index is -0.711. The van der Waals surface area contributed by atoms with Crippen LogP contribution in [0.25, 0.3) is 0 Å². The van der Waals surface area contributed by atoms with E-state index in [2.05, 4.69) is 10.5 Å². The molecule has 0 aliphatic rings. The van der Waals surface area contributed by atoms with Crippen molar-refractivity contribution >= 4 is 6.09 Å². The largest absolute Gasteiger partial charge is 0.450 e. The summed E-state index contributed by atoms with van der Waals surface area (Å²) in [7, 11) is 0. The smallest absolute Gasteiger partial charge is 0.404 e. The van der Waals surface area contributed by atoms with E-state index in [1.54, 1.807) is 6.92 Å². The molecule has 0 saturated carbocycles. The molecule has 0 aliphatic carbocycles. The summed E-state index contributed by atoms with van der Waals surface area (Å²) in [5, 5.41) is 0. The van der Waals surface area contributed by atoms with Crippen molar-refractivity contribution in [1.29, 1.82) is 0 Å². The van der Waals surface area contributed by atoms with Crippen molar-refractivity contribution < 1.29 is 9.53 Å². The Morgan fingerprint density at radius 2 is 2.29 bits per heavy atom. The molecule has 0 aliphatic heterocycles. The Labute approximate surface area is 43.5 Å². The number of amides is 1. The fourth-order valence-corrected chi connectivity index (χ4v) is 0.142. The van der Waals surface area contributed by atoms with Gasteiger partial charge in [0, 0.05) is 0 Å². The molecule has 2 N–H and O–H groups in total. The summed E-state index contributed by atoms with van der Waals surface area (Å²) in [5.74, 6) is 0. The molecule has 0 heterocycles. The molecule has 7 heavy (non-hydrogen) atoms. The fourth-order valence-electron chi connectivity index (χ4n) is 0.142. The standard InChI is InChI=1S/C3H7NO2.CH4/c1-2-6-3(4)5;/h2H2,1H3,(H2,4,5);1H4. The maximum atomic E-state index is 9.60. The van der Waals surface area contributed by atoms with Gasteiger partial charge in [-0.05, 0) is 6.92 Å². The Balaban J connectivity index is 0. The monoisotopic (exact) mass is 105 g/mol.